The number of aromatic nitrogens is 1. The zero-order valence-electron chi connectivity index (χ0n) is 16.0. The van der Waals surface area contributed by atoms with E-state index in [0.717, 1.165) is 29.3 Å². The number of likely N-dealkylation sites (tertiary alicyclic amines) is 1. The summed E-state index contributed by atoms with van der Waals surface area (Å²) in [4.78, 5) is 28.6. The van der Waals surface area contributed by atoms with Gasteiger partial charge in [0.25, 0.3) is 5.91 Å². The molecule has 172 valence electrons. The quantitative estimate of drug-likeness (QED) is 0.569. The maximum Gasteiger partial charge on any atom is 0.422 e. The van der Waals surface area contributed by atoms with Gasteiger partial charge in [-0.3, -0.25) is 4.79 Å². The monoisotopic (exact) mass is 496 g/mol. The Morgan fingerprint density at radius 2 is 1.94 bits per heavy atom. The van der Waals surface area contributed by atoms with Crippen molar-refractivity contribution in [3.05, 3.63) is 45.8 Å². The van der Waals surface area contributed by atoms with E-state index >= 15 is 0 Å². The normalized spacial score (nSPS) is 16.2. The lowest BCUT2D eigenvalue weighted by atomic mass is 10.1. The molecule has 0 spiro atoms. The predicted octanol–water partition coefficient (Wildman–Crippen LogP) is 4.95. The van der Waals surface area contributed by atoms with Crippen molar-refractivity contribution < 1.29 is 41.7 Å². The van der Waals surface area contributed by atoms with Gasteiger partial charge in [-0.05, 0) is 18.9 Å². The third-order valence-electron chi connectivity index (χ3n) is 4.43. The molecule has 0 saturated carbocycles. The van der Waals surface area contributed by atoms with Crippen LogP contribution in [-0.4, -0.2) is 52.2 Å². The van der Waals surface area contributed by atoms with Crippen LogP contribution in [0.5, 0.6) is 17.4 Å². The number of nitrogens with zero attached hydrogens (tertiary/aromatic N) is 2. The molecule has 1 aliphatic heterocycles. The van der Waals surface area contributed by atoms with Gasteiger partial charge in [0.2, 0.25) is 5.88 Å². The van der Waals surface area contributed by atoms with Crippen LogP contribution < -0.4 is 9.47 Å². The Balaban J connectivity index is 1.78. The van der Waals surface area contributed by atoms with Crippen LogP contribution >= 0.6 is 23.2 Å². The summed E-state index contributed by atoms with van der Waals surface area (Å²) in [6, 6.07) is 1.86. The number of amides is 1. The molecule has 13 heteroatoms. The highest BCUT2D eigenvalue weighted by atomic mass is 35.5. The number of aliphatic carboxylic acids is 1. The van der Waals surface area contributed by atoms with E-state index in [0.29, 0.717) is 6.42 Å². The van der Waals surface area contributed by atoms with Crippen molar-refractivity contribution in [1.29, 1.82) is 0 Å². The summed E-state index contributed by atoms with van der Waals surface area (Å²) >= 11 is 11.9. The number of rotatable bonds is 6. The van der Waals surface area contributed by atoms with Gasteiger partial charge in [-0.25, -0.2) is 14.2 Å². The highest BCUT2D eigenvalue weighted by molar-refractivity contribution is 6.32. The molecule has 2 heterocycles. The molecule has 1 atom stereocenters. The molecular formula is C19H14Cl2F4N2O5. The van der Waals surface area contributed by atoms with Gasteiger partial charge in [-0.15, -0.1) is 0 Å². The van der Waals surface area contributed by atoms with E-state index in [1.165, 1.54) is 0 Å². The average Bonchev–Trinajstić information content (AvgIpc) is 3.19. The smallest absolute Gasteiger partial charge is 0.422 e. The van der Waals surface area contributed by atoms with Crippen molar-refractivity contribution in [3.63, 3.8) is 0 Å². The molecule has 1 fully saturated rings. The molecule has 1 amide bonds. The van der Waals surface area contributed by atoms with Crippen LogP contribution in [0.15, 0.2) is 24.4 Å². The lowest BCUT2D eigenvalue weighted by Gasteiger charge is -2.22. The Morgan fingerprint density at radius 1 is 1.22 bits per heavy atom. The fourth-order valence-corrected chi connectivity index (χ4v) is 3.45. The Hall–Kier alpha value is -2.79. The van der Waals surface area contributed by atoms with Crippen LogP contribution in [0.4, 0.5) is 17.6 Å². The molecule has 7 nitrogen and oxygen atoms in total. The molecule has 0 aliphatic carbocycles. The lowest BCUT2D eigenvalue weighted by Crippen LogP contribution is -2.40. The topological polar surface area (TPSA) is 89.0 Å². The Bertz CT molecular complexity index is 1050. The van der Waals surface area contributed by atoms with Crippen molar-refractivity contribution in [2.24, 2.45) is 0 Å². The van der Waals surface area contributed by atoms with E-state index in [1.807, 2.05) is 0 Å². The van der Waals surface area contributed by atoms with Crippen LogP contribution in [0.1, 0.15) is 23.2 Å². The fraction of sp³-hybridized carbons (Fsp3) is 0.316. The van der Waals surface area contributed by atoms with E-state index in [9.17, 15) is 32.3 Å². The second-order valence-corrected chi connectivity index (χ2v) is 7.54. The highest BCUT2D eigenvalue weighted by Crippen LogP contribution is 2.35. The first-order chi connectivity index (χ1) is 15.0. The summed E-state index contributed by atoms with van der Waals surface area (Å²) in [5.74, 6) is -3.80. The number of hydrogen-bond donors (Lipinski definition) is 1. The fourth-order valence-electron chi connectivity index (χ4n) is 3.04. The number of hydrogen-bond acceptors (Lipinski definition) is 5. The largest absolute Gasteiger partial charge is 0.480 e. The minimum Gasteiger partial charge on any atom is -0.480 e. The first-order valence-corrected chi connectivity index (χ1v) is 9.77. The van der Waals surface area contributed by atoms with Gasteiger partial charge in [0.1, 0.15) is 28.4 Å². The maximum atomic E-state index is 14.6. The predicted molar refractivity (Wildman–Crippen MR) is 104 cm³/mol. The summed E-state index contributed by atoms with van der Waals surface area (Å²) in [5, 5.41) is 8.75. The van der Waals surface area contributed by atoms with E-state index in [2.05, 4.69) is 9.72 Å². The molecule has 1 N–H and O–H groups in total. The molecule has 0 radical (unpaired) electrons. The molecule has 3 rings (SSSR count). The number of halogens is 6. The zero-order valence-corrected chi connectivity index (χ0v) is 17.5. The number of ether oxygens (including phenoxy) is 2. The summed E-state index contributed by atoms with van der Waals surface area (Å²) in [7, 11) is 0. The van der Waals surface area contributed by atoms with E-state index in [-0.39, 0.29) is 34.5 Å². The van der Waals surface area contributed by atoms with Gasteiger partial charge >= 0.3 is 12.1 Å². The van der Waals surface area contributed by atoms with Gasteiger partial charge in [0, 0.05) is 18.7 Å². The van der Waals surface area contributed by atoms with Crippen LogP contribution in [0.2, 0.25) is 10.0 Å². The number of pyridine rings is 1. The summed E-state index contributed by atoms with van der Waals surface area (Å²) in [5.41, 5.74) is -0.428. The van der Waals surface area contributed by atoms with E-state index < -0.39 is 48.0 Å². The summed E-state index contributed by atoms with van der Waals surface area (Å²) in [6.45, 7) is -1.43. The minimum absolute atomic E-state index is 0.0831. The molecule has 2 aromatic rings. The Morgan fingerprint density at radius 3 is 2.56 bits per heavy atom. The first-order valence-electron chi connectivity index (χ1n) is 9.02. The maximum absolute atomic E-state index is 14.6. The molecule has 32 heavy (non-hydrogen) atoms. The summed E-state index contributed by atoms with van der Waals surface area (Å²) in [6.07, 6.45) is -2.86. The van der Waals surface area contributed by atoms with Crippen molar-refractivity contribution >= 4 is 35.1 Å². The van der Waals surface area contributed by atoms with E-state index in [4.69, 9.17) is 27.9 Å². The molecule has 1 unspecified atom stereocenters. The standard InChI is InChI=1S/C19H14Cl2F4N2O5/c20-11-5-10(17(28)27-3-1-2-14(27)18(29)30)13(22)6-15(11)32-9-4-12(21)16(26-7-9)31-8-19(23,24)25/h4-7,14H,1-3,8H2,(H,29,30). The molecule has 1 aromatic heterocycles. The third kappa shape index (κ3) is 5.52. The SMILES string of the molecule is O=C(O)C1CCCN1C(=O)c1cc(Cl)c(Oc2cnc(OCC(F)(F)F)c(Cl)c2)cc1F. The zero-order chi connectivity index (χ0) is 23.6. The average molecular weight is 497 g/mol. The van der Waals surface area contributed by atoms with Crippen molar-refractivity contribution in [2.45, 2.75) is 25.1 Å². The third-order valence-corrected chi connectivity index (χ3v) is 5.00. The van der Waals surface area contributed by atoms with Gasteiger partial charge in [-0.2, -0.15) is 13.2 Å². The molecule has 1 aliphatic rings. The molecule has 1 aromatic carbocycles. The number of benzene rings is 1. The van der Waals surface area contributed by atoms with Crippen LogP contribution in [0, 0.1) is 5.82 Å². The van der Waals surface area contributed by atoms with Crippen LogP contribution in [0.3, 0.4) is 0 Å². The number of carbonyl (C=O) groups excluding carboxylic acids is 1. The Labute approximate surface area is 188 Å². The van der Waals surface area contributed by atoms with Gasteiger partial charge in [0.05, 0.1) is 16.8 Å². The van der Waals surface area contributed by atoms with Gasteiger partial charge in [-0.1, -0.05) is 23.2 Å². The first kappa shape index (κ1) is 23.9. The van der Waals surface area contributed by atoms with Gasteiger partial charge in [0.15, 0.2) is 6.61 Å². The Kier molecular flexibility index (Phi) is 6.99. The number of carboxylic acid groups (broad SMARTS) is 1. The molecule has 0 bridgehead atoms. The van der Waals surface area contributed by atoms with Crippen LogP contribution in [-0.2, 0) is 4.79 Å². The van der Waals surface area contributed by atoms with Crippen molar-refractivity contribution in [2.75, 3.05) is 13.2 Å². The van der Waals surface area contributed by atoms with Gasteiger partial charge < -0.3 is 19.5 Å². The summed E-state index contributed by atoms with van der Waals surface area (Å²) < 4.78 is 61.2. The van der Waals surface area contributed by atoms with E-state index in [1.54, 1.807) is 0 Å². The second kappa shape index (κ2) is 9.37. The minimum atomic E-state index is -4.58. The van der Waals surface area contributed by atoms with Crippen molar-refractivity contribution in [1.82, 2.24) is 9.88 Å². The second-order valence-electron chi connectivity index (χ2n) is 6.72. The number of carbonyl (C=O) groups is 2. The number of carboxylic acids is 1. The lowest BCUT2D eigenvalue weighted by molar-refractivity contribution is -0.154. The number of alkyl halides is 3. The van der Waals surface area contributed by atoms with Crippen molar-refractivity contribution in [3.8, 4) is 17.4 Å². The molecular weight excluding hydrogens is 483 g/mol. The van der Waals surface area contributed by atoms with Crippen LogP contribution in [0.25, 0.3) is 0 Å². The highest BCUT2D eigenvalue weighted by Gasteiger charge is 2.35. The molecule has 1 saturated heterocycles.